The number of aldehydes is 1. The number of halogens is 2. The molecule has 1 N–H and O–H groups in total. The number of amides is 1. The van der Waals surface area contributed by atoms with Gasteiger partial charge in [-0.05, 0) is 31.2 Å². The number of benzene rings is 2. The first-order valence-corrected chi connectivity index (χ1v) is 6.98. The molecule has 0 aromatic heterocycles. The summed E-state index contributed by atoms with van der Waals surface area (Å²) in [5.41, 5.74) is -0.672. The Balaban J connectivity index is 2.16. The van der Waals surface area contributed by atoms with Gasteiger partial charge >= 0.3 is 5.69 Å². The third-order valence-corrected chi connectivity index (χ3v) is 3.18. The van der Waals surface area contributed by atoms with E-state index in [0.717, 1.165) is 18.2 Å². The topological polar surface area (TPSA) is 98.5 Å². The number of nitrogens with zero attached hydrogens (tertiary/aromatic N) is 1. The first-order chi connectivity index (χ1) is 11.8. The van der Waals surface area contributed by atoms with Crippen LogP contribution in [0.2, 0.25) is 0 Å². The highest BCUT2D eigenvalue weighted by Crippen LogP contribution is 2.28. The monoisotopic (exact) mass is 350 g/mol. The minimum atomic E-state index is -1.22. The highest BCUT2D eigenvalue weighted by atomic mass is 19.1. The average Bonchev–Trinajstić information content (AvgIpc) is 2.57. The quantitative estimate of drug-likeness (QED) is 0.490. The molecule has 1 amide bonds. The van der Waals surface area contributed by atoms with E-state index in [-0.39, 0.29) is 17.0 Å². The van der Waals surface area contributed by atoms with Crippen molar-refractivity contribution < 1.29 is 28.0 Å². The van der Waals surface area contributed by atoms with Gasteiger partial charge < -0.3 is 10.1 Å². The van der Waals surface area contributed by atoms with E-state index in [4.69, 9.17) is 4.74 Å². The number of hydrogen-bond donors (Lipinski definition) is 1. The molecule has 2 rings (SSSR count). The predicted octanol–water partition coefficient (Wildman–Crippen LogP) is 3.09. The van der Waals surface area contributed by atoms with Crippen LogP contribution >= 0.6 is 0 Å². The third kappa shape index (κ3) is 4.34. The van der Waals surface area contributed by atoms with Crippen LogP contribution in [0, 0.1) is 21.7 Å². The summed E-state index contributed by atoms with van der Waals surface area (Å²) >= 11 is 0. The van der Waals surface area contributed by atoms with Gasteiger partial charge in [-0.15, -0.1) is 0 Å². The molecular weight excluding hydrogens is 338 g/mol. The summed E-state index contributed by atoms with van der Waals surface area (Å²) in [6, 6.07) is 6.09. The Bertz CT molecular complexity index is 841. The van der Waals surface area contributed by atoms with Crippen molar-refractivity contribution >= 4 is 23.6 Å². The lowest BCUT2D eigenvalue weighted by Gasteiger charge is -2.15. The Hall–Kier alpha value is -3.36. The van der Waals surface area contributed by atoms with Gasteiger partial charge in [-0.2, -0.15) is 0 Å². The fraction of sp³-hybridized carbons (Fsp3) is 0.125. The SMILES string of the molecule is C[C@H](Oc1ccc(C=O)cc1[N+](=O)[O-])C(=O)Nc1ccc(F)cc1F. The van der Waals surface area contributed by atoms with Crippen molar-refractivity contribution in [2.75, 3.05) is 5.32 Å². The predicted molar refractivity (Wildman–Crippen MR) is 83.6 cm³/mol. The van der Waals surface area contributed by atoms with Gasteiger partial charge in [-0.1, -0.05) is 0 Å². The fourth-order valence-electron chi connectivity index (χ4n) is 1.92. The lowest BCUT2D eigenvalue weighted by atomic mass is 10.2. The van der Waals surface area contributed by atoms with Gasteiger partial charge in [0.1, 0.15) is 17.9 Å². The van der Waals surface area contributed by atoms with E-state index >= 15 is 0 Å². The molecule has 130 valence electrons. The zero-order valence-corrected chi connectivity index (χ0v) is 12.9. The third-order valence-electron chi connectivity index (χ3n) is 3.18. The number of hydrogen-bond acceptors (Lipinski definition) is 5. The van der Waals surface area contributed by atoms with Crippen molar-refractivity contribution in [1.29, 1.82) is 0 Å². The van der Waals surface area contributed by atoms with Gasteiger partial charge in [0.2, 0.25) is 0 Å². The zero-order chi connectivity index (χ0) is 18.6. The first kappa shape index (κ1) is 18.0. The van der Waals surface area contributed by atoms with E-state index in [0.29, 0.717) is 12.4 Å². The summed E-state index contributed by atoms with van der Waals surface area (Å²) < 4.78 is 31.6. The van der Waals surface area contributed by atoms with E-state index in [1.807, 2.05) is 0 Å². The Morgan fingerprint density at radius 3 is 2.60 bits per heavy atom. The van der Waals surface area contributed by atoms with E-state index in [9.17, 15) is 28.5 Å². The van der Waals surface area contributed by atoms with Crippen LogP contribution in [0.1, 0.15) is 17.3 Å². The van der Waals surface area contributed by atoms with Crippen LogP contribution in [-0.2, 0) is 4.79 Å². The summed E-state index contributed by atoms with van der Waals surface area (Å²) in [6.07, 6.45) is -0.783. The molecule has 0 unspecified atom stereocenters. The highest BCUT2D eigenvalue weighted by Gasteiger charge is 2.22. The molecule has 0 heterocycles. The molecule has 2 aromatic carbocycles. The molecule has 9 heteroatoms. The van der Waals surface area contributed by atoms with Crippen molar-refractivity contribution in [3.63, 3.8) is 0 Å². The van der Waals surface area contributed by atoms with Gasteiger partial charge in [-0.3, -0.25) is 19.7 Å². The summed E-state index contributed by atoms with van der Waals surface area (Å²) in [6.45, 7) is 1.30. The number of ether oxygens (including phenoxy) is 1. The van der Waals surface area contributed by atoms with Gasteiger partial charge in [0, 0.05) is 17.7 Å². The van der Waals surface area contributed by atoms with Crippen LogP contribution in [0.3, 0.4) is 0 Å². The molecule has 0 fully saturated rings. The number of nitro groups is 1. The molecule has 0 aliphatic carbocycles. The van der Waals surface area contributed by atoms with Crippen LogP contribution in [0.15, 0.2) is 36.4 Å². The summed E-state index contributed by atoms with van der Waals surface area (Å²) in [4.78, 5) is 33.0. The lowest BCUT2D eigenvalue weighted by Crippen LogP contribution is -2.30. The zero-order valence-electron chi connectivity index (χ0n) is 12.9. The summed E-state index contributed by atoms with van der Waals surface area (Å²) in [5.74, 6) is -2.79. The standard InChI is InChI=1S/C16H12F2N2O5/c1-9(16(22)19-13-4-3-11(17)7-12(13)18)25-15-5-2-10(8-21)6-14(15)20(23)24/h2-9H,1H3,(H,19,22)/t9-/m0/s1. The van der Waals surface area contributed by atoms with E-state index < -0.39 is 34.3 Å². The van der Waals surface area contributed by atoms with Crippen molar-refractivity contribution in [2.45, 2.75) is 13.0 Å². The smallest absolute Gasteiger partial charge is 0.311 e. The number of anilines is 1. The molecule has 1 atom stereocenters. The molecule has 0 saturated carbocycles. The van der Waals surface area contributed by atoms with Crippen molar-refractivity contribution in [1.82, 2.24) is 0 Å². The van der Waals surface area contributed by atoms with Gasteiger partial charge in [0.05, 0.1) is 10.6 Å². The number of carbonyl (C=O) groups excluding carboxylic acids is 2. The maximum atomic E-state index is 13.5. The van der Waals surface area contributed by atoms with Gasteiger partial charge in [-0.25, -0.2) is 8.78 Å². The second kappa shape index (κ2) is 7.47. The van der Waals surface area contributed by atoms with Crippen molar-refractivity contribution in [2.24, 2.45) is 0 Å². The summed E-state index contributed by atoms with van der Waals surface area (Å²) in [7, 11) is 0. The number of nitro benzene ring substituents is 1. The minimum absolute atomic E-state index is 0.0736. The maximum Gasteiger partial charge on any atom is 0.311 e. The Morgan fingerprint density at radius 2 is 2.00 bits per heavy atom. The fourth-order valence-corrected chi connectivity index (χ4v) is 1.92. The van der Waals surface area contributed by atoms with E-state index in [1.165, 1.54) is 19.1 Å². The first-order valence-electron chi connectivity index (χ1n) is 6.98. The van der Waals surface area contributed by atoms with E-state index in [1.54, 1.807) is 0 Å². The van der Waals surface area contributed by atoms with Gasteiger partial charge in [0.15, 0.2) is 11.9 Å². The van der Waals surface area contributed by atoms with Crippen LogP contribution < -0.4 is 10.1 Å². The molecule has 0 bridgehead atoms. The molecule has 2 aromatic rings. The second-order valence-corrected chi connectivity index (χ2v) is 4.98. The van der Waals surface area contributed by atoms with Crippen LogP contribution in [0.4, 0.5) is 20.2 Å². The average molecular weight is 350 g/mol. The number of rotatable bonds is 6. The van der Waals surface area contributed by atoms with E-state index in [2.05, 4.69) is 5.32 Å². The van der Waals surface area contributed by atoms with Gasteiger partial charge in [0.25, 0.3) is 5.91 Å². The minimum Gasteiger partial charge on any atom is -0.474 e. The molecule has 0 saturated heterocycles. The summed E-state index contributed by atoms with van der Waals surface area (Å²) in [5, 5.41) is 13.2. The highest BCUT2D eigenvalue weighted by molar-refractivity contribution is 5.94. The lowest BCUT2D eigenvalue weighted by molar-refractivity contribution is -0.386. The Labute approximate surface area is 140 Å². The molecule has 7 nitrogen and oxygen atoms in total. The largest absolute Gasteiger partial charge is 0.474 e. The molecule has 0 radical (unpaired) electrons. The molecule has 0 aliphatic rings. The molecular formula is C16H12F2N2O5. The van der Waals surface area contributed by atoms with Crippen molar-refractivity contribution in [3.05, 3.63) is 63.7 Å². The normalized spacial score (nSPS) is 11.5. The Kier molecular flexibility index (Phi) is 5.38. The van der Waals surface area contributed by atoms with Crippen molar-refractivity contribution in [3.8, 4) is 5.75 Å². The van der Waals surface area contributed by atoms with Crippen LogP contribution in [-0.4, -0.2) is 23.2 Å². The molecule has 0 aliphatic heterocycles. The second-order valence-electron chi connectivity index (χ2n) is 4.98. The maximum absolute atomic E-state index is 13.5. The van der Waals surface area contributed by atoms with Crippen LogP contribution in [0.25, 0.3) is 0 Å². The number of nitrogens with one attached hydrogen (secondary N) is 1. The molecule has 0 spiro atoms. The number of carbonyl (C=O) groups is 2. The van der Waals surface area contributed by atoms with Crippen LogP contribution in [0.5, 0.6) is 5.75 Å². The molecule has 25 heavy (non-hydrogen) atoms. The Morgan fingerprint density at radius 1 is 1.28 bits per heavy atom.